The van der Waals surface area contributed by atoms with E-state index in [0.717, 1.165) is 26.7 Å². The van der Waals surface area contributed by atoms with Crippen LogP contribution in [0.15, 0.2) is 51.4 Å². The summed E-state index contributed by atoms with van der Waals surface area (Å²) >= 11 is 6.86. The number of hydrogen-bond donors (Lipinski definition) is 1. The van der Waals surface area contributed by atoms with E-state index in [4.69, 9.17) is 0 Å². The van der Waals surface area contributed by atoms with Gasteiger partial charge in [-0.1, -0.05) is 44.0 Å². The van der Waals surface area contributed by atoms with Gasteiger partial charge in [-0.05, 0) is 35.9 Å². The summed E-state index contributed by atoms with van der Waals surface area (Å²) in [5, 5.41) is 9.44. The average molecular weight is 385 g/mol. The molecule has 0 aromatic heterocycles. The number of aliphatic hydroxyl groups is 1. The lowest BCUT2D eigenvalue weighted by Crippen LogP contribution is -2.18. The van der Waals surface area contributed by atoms with E-state index in [9.17, 15) is 5.11 Å². The molecule has 2 rings (SSSR count). The fraction of sp³-hybridized carbons (Fsp3) is 0.200. The molecule has 0 spiro atoms. The number of rotatable bonds is 4. The Labute approximate surface area is 130 Å². The van der Waals surface area contributed by atoms with Gasteiger partial charge in [-0.2, -0.15) is 0 Å². The van der Waals surface area contributed by atoms with E-state index < -0.39 is 0 Å². The molecule has 19 heavy (non-hydrogen) atoms. The van der Waals surface area contributed by atoms with Crippen LogP contribution in [0.3, 0.4) is 0 Å². The van der Waals surface area contributed by atoms with Crippen molar-refractivity contribution >= 4 is 37.5 Å². The lowest BCUT2D eigenvalue weighted by atomic mass is 10.1. The molecule has 2 aromatic carbocycles. The van der Waals surface area contributed by atoms with Gasteiger partial charge in [-0.3, -0.25) is 0 Å². The van der Waals surface area contributed by atoms with Crippen LogP contribution in [0.5, 0.6) is 0 Å². The first kappa shape index (κ1) is 14.6. The Morgan fingerprint density at radius 2 is 1.63 bits per heavy atom. The highest BCUT2D eigenvalue weighted by molar-refractivity contribution is 9.10. The molecular formula is C15H15Br2NO. The van der Waals surface area contributed by atoms with Crippen LogP contribution in [0.4, 0.5) is 5.69 Å². The number of halogens is 2. The van der Waals surface area contributed by atoms with Crippen molar-refractivity contribution in [3.63, 3.8) is 0 Å². The maximum atomic E-state index is 9.44. The van der Waals surface area contributed by atoms with E-state index >= 15 is 0 Å². The Morgan fingerprint density at radius 1 is 1.00 bits per heavy atom. The van der Waals surface area contributed by atoms with Crippen LogP contribution < -0.4 is 4.90 Å². The first-order valence-electron chi connectivity index (χ1n) is 5.95. The van der Waals surface area contributed by atoms with Crippen molar-refractivity contribution in [2.24, 2.45) is 0 Å². The molecule has 0 bridgehead atoms. The first-order chi connectivity index (χ1) is 9.10. The second-order valence-corrected chi connectivity index (χ2v) is 6.25. The third-order valence-corrected chi connectivity index (χ3v) is 3.98. The number of benzene rings is 2. The topological polar surface area (TPSA) is 23.5 Å². The second-order valence-electron chi connectivity index (χ2n) is 4.41. The van der Waals surface area contributed by atoms with Crippen LogP contribution in [0.2, 0.25) is 0 Å². The largest absolute Gasteiger partial charge is 0.392 e. The fourth-order valence-corrected chi connectivity index (χ4v) is 2.67. The van der Waals surface area contributed by atoms with Crippen molar-refractivity contribution in [3.8, 4) is 0 Å². The second kappa shape index (κ2) is 6.55. The molecule has 0 fully saturated rings. The van der Waals surface area contributed by atoms with Crippen LogP contribution >= 0.6 is 31.9 Å². The molecular weight excluding hydrogens is 370 g/mol. The molecule has 0 amide bonds. The monoisotopic (exact) mass is 383 g/mol. The van der Waals surface area contributed by atoms with Gasteiger partial charge in [-0.15, -0.1) is 0 Å². The molecule has 0 atom stereocenters. The Balaban J connectivity index is 2.19. The van der Waals surface area contributed by atoms with Gasteiger partial charge in [0.2, 0.25) is 0 Å². The van der Waals surface area contributed by atoms with Crippen LogP contribution in [-0.2, 0) is 13.2 Å². The predicted molar refractivity (Wildman–Crippen MR) is 86.3 cm³/mol. The van der Waals surface area contributed by atoms with Gasteiger partial charge in [0.1, 0.15) is 0 Å². The fourth-order valence-electron chi connectivity index (χ4n) is 2.00. The minimum atomic E-state index is 0.0411. The lowest BCUT2D eigenvalue weighted by molar-refractivity contribution is 0.282. The molecule has 100 valence electrons. The van der Waals surface area contributed by atoms with Crippen LogP contribution in [0.25, 0.3) is 0 Å². The van der Waals surface area contributed by atoms with Crippen LogP contribution in [0, 0.1) is 0 Å². The molecule has 0 unspecified atom stereocenters. The Morgan fingerprint density at radius 3 is 2.26 bits per heavy atom. The SMILES string of the molecule is CN(Cc1ccc(Br)cc1)c1ccc(Br)cc1CO. The smallest absolute Gasteiger partial charge is 0.0702 e. The van der Waals surface area contributed by atoms with E-state index in [-0.39, 0.29) is 6.61 Å². The summed E-state index contributed by atoms with van der Waals surface area (Å²) in [5.41, 5.74) is 3.21. The Bertz CT molecular complexity index is 555. The molecule has 1 N–H and O–H groups in total. The van der Waals surface area contributed by atoms with E-state index in [1.54, 1.807) is 0 Å². The lowest BCUT2D eigenvalue weighted by Gasteiger charge is -2.22. The van der Waals surface area contributed by atoms with E-state index in [1.807, 2.05) is 37.4 Å². The van der Waals surface area contributed by atoms with Gasteiger partial charge in [0.15, 0.2) is 0 Å². The standard InChI is InChI=1S/C15H15Br2NO/c1-18(9-11-2-4-13(16)5-3-11)15-7-6-14(17)8-12(15)10-19/h2-8,19H,9-10H2,1H3. The summed E-state index contributed by atoms with van der Waals surface area (Å²) in [6.07, 6.45) is 0. The van der Waals surface area contributed by atoms with Crippen LogP contribution in [0.1, 0.15) is 11.1 Å². The van der Waals surface area contributed by atoms with Gasteiger partial charge >= 0.3 is 0 Å². The van der Waals surface area contributed by atoms with Crippen LogP contribution in [-0.4, -0.2) is 12.2 Å². The maximum Gasteiger partial charge on any atom is 0.0702 e. The van der Waals surface area contributed by atoms with Crippen molar-refractivity contribution in [1.29, 1.82) is 0 Å². The zero-order chi connectivity index (χ0) is 13.8. The Hall–Kier alpha value is -0.840. The normalized spacial score (nSPS) is 10.5. The first-order valence-corrected chi connectivity index (χ1v) is 7.53. The summed E-state index contributed by atoms with van der Waals surface area (Å²) in [7, 11) is 2.03. The number of hydrogen-bond acceptors (Lipinski definition) is 2. The van der Waals surface area contributed by atoms with Gasteiger partial charge in [0, 0.05) is 33.8 Å². The number of anilines is 1. The van der Waals surface area contributed by atoms with Gasteiger partial charge in [0.05, 0.1) is 6.61 Å². The average Bonchev–Trinajstić information content (AvgIpc) is 2.41. The van der Waals surface area contributed by atoms with E-state index in [0.29, 0.717) is 0 Å². The molecule has 2 aromatic rings. The van der Waals surface area contributed by atoms with Gasteiger partial charge in [-0.25, -0.2) is 0 Å². The number of nitrogens with zero attached hydrogens (tertiary/aromatic N) is 1. The highest BCUT2D eigenvalue weighted by Crippen LogP contribution is 2.25. The molecule has 0 heterocycles. The molecule has 0 saturated heterocycles. The van der Waals surface area contributed by atoms with Crippen molar-refractivity contribution < 1.29 is 5.11 Å². The summed E-state index contributed by atoms with van der Waals surface area (Å²) in [5.74, 6) is 0. The summed E-state index contributed by atoms with van der Waals surface area (Å²) in [6, 6.07) is 14.2. The van der Waals surface area contributed by atoms with Gasteiger partial charge < -0.3 is 10.0 Å². The van der Waals surface area contributed by atoms with Crippen molar-refractivity contribution in [2.45, 2.75) is 13.2 Å². The zero-order valence-corrected chi connectivity index (χ0v) is 13.8. The van der Waals surface area contributed by atoms with Crippen molar-refractivity contribution in [2.75, 3.05) is 11.9 Å². The Kier molecular flexibility index (Phi) is 5.02. The zero-order valence-electron chi connectivity index (χ0n) is 10.6. The quantitative estimate of drug-likeness (QED) is 0.847. The molecule has 0 radical (unpaired) electrons. The third-order valence-electron chi connectivity index (χ3n) is 2.96. The van der Waals surface area contributed by atoms with Crippen molar-refractivity contribution in [1.82, 2.24) is 0 Å². The summed E-state index contributed by atoms with van der Waals surface area (Å²) in [4.78, 5) is 2.14. The van der Waals surface area contributed by atoms with E-state index in [2.05, 4.69) is 48.9 Å². The van der Waals surface area contributed by atoms with E-state index in [1.165, 1.54) is 5.56 Å². The summed E-state index contributed by atoms with van der Waals surface area (Å²) < 4.78 is 2.07. The predicted octanol–water partition coefficient (Wildman–Crippen LogP) is 4.34. The van der Waals surface area contributed by atoms with Gasteiger partial charge in [0.25, 0.3) is 0 Å². The highest BCUT2D eigenvalue weighted by Gasteiger charge is 2.08. The number of aliphatic hydroxyl groups excluding tert-OH is 1. The molecule has 0 aliphatic heterocycles. The van der Waals surface area contributed by atoms with Crippen molar-refractivity contribution in [3.05, 3.63) is 62.5 Å². The molecule has 0 aliphatic rings. The molecule has 0 saturated carbocycles. The third kappa shape index (κ3) is 3.81. The minimum absolute atomic E-state index is 0.0411. The highest BCUT2D eigenvalue weighted by atomic mass is 79.9. The summed E-state index contributed by atoms with van der Waals surface area (Å²) in [6.45, 7) is 0.849. The molecule has 0 aliphatic carbocycles. The maximum absolute atomic E-state index is 9.44. The molecule has 2 nitrogen and oxygen atoms in total. The molecule has 4 heteroatoms. The minimum Gasteiger partial charge on any atom is -0.392 e.